The number of anilines is 1. The summed E-state index contributed by atoms with van der Waals surface area (Å²) in [5.74, 6) is 1.23. The van der Waals surface area contributed by atoms with Crippen LogP contribution >= 0.6 is 23.8 Å². The lowest BCUT2D eigenvalue weighted by atomic mass is 10.2. The second-order valence-corrected chi connectivity index (χ2v) is 5.63. The average Bonchev–Trinajstić information content (AvgIpc) is 3.17. The Balaban J connectivity index is 1.53. The Kier molecular flexibility index (Phi) is 4.89. The molecule has 0 radical (unpaired) electrons. The van der Waals surface area contributed by atoms with Crippen LogP contribution in [0, 0.1) is 0 Å². The fourth-order valence-corrected chi connectivity index (χ4v) is 2.35. The van der Waals surface area contributed by atoms with Gasteiger partial charge in [-0.15, -0.1) is 5.10 Å². The van der Waals surface area contributed by atoms with Crippen molar-refractivity contribution in [1.29, 1.82) is 0 Å². The first-order valence-electron chi connectivity index (χ1n) is 6.90. The number of benzene rings is 1. The Bertz CT molecular complexity index is 787. The largest absolute Gasteiger partial charge is 0.467 e. The van der Waals surface area contributed by atoms with Crippen molar-refractivity contribution < 1.29 is 4.42 Å². The number of hydrogen-bond donors (Lipinski definition) is 2. The highest BCUT2D eigenvalue weighted by atomic mass is 35.5. The molecule has 0 saturated heterocycles. The van der Waals surface area contributed by atoms with Gasteiger partial charge in [0.2, 0.25) is 5.95 Å². The van der Waals surface area contributed by atoms with Crippen LogP contribution in [0.15, 0.2) is 53.4 Å². The normalized spacial score (nSPS) is 10.5. The van der Waals surface area contributed by atoms with Gasteiger partial charge in [0.25, 0.3) is 0 Å². The third-order valence-electron chi connectivity index (χ3n) is 3.00. The van der Waals surface area contributed by atoms with E-state index < -0.39 is 0 Å². The zero-order valence-electron chi connectivity index (χ0n) is 12.1. The molecule has 2 aromatic heterocycles. The van der Waals surface area contributed by atoms with Gasteiger partial charge in [-0.05, 0) is 42.0 Å². The number of thiocarbonyl (C=S) groups is 1. The van der Waals surface area contributed by atoms with Crippen molar-refractivity contribution in [1.82, 2.24) is 20.1 Å². The highest BCUT2D eigenvalue weighted by molar-refractivity contribution is 7.80. The lowest BCUT2D eigenvalue weighted by Gasteiger charge is -2.06. The Labute approximate surface area is 143 Å². The lowest BCUT2D eigenvalue weighted by molar-refractivity contribution is 0.503. The van der Waals surface area contributed by atoms with Gasteiger partial charge in [-0.3, -0.25) is 5.32 Å². The van der Waals surface area contributed by atoms with E-state index in [1.54, 1.807) is 17.3 Å². The summed E-state index contributed by atoms with van der Waals surface area (Å²) in [5.41, 5.74) is 1.05. The highest BCUT2D eigenvalue weighted by Crippen LogP contribution is 2.11. The summed E-state index contributed by atoms with van der Waals surface area (Å²) in [7, 11) is 0. The summed E-state index contributed by atoms with van der Waals surface area (Å²) in [6.07, 6.45) is 3.25. The zero-order valence-corrected chi connectivity index (χ0v) is 13.6. The molecule has 0 aliphatic carbocycles. The van der Waals surface area contributed by atoms with Gasteiger partial charge in [-0.25, -0.2) is 9.67 Å². The fraction of sp³-hybridized carbons (Fsp3) is 0.133. The molecule has 2 heterocycles. The van der Waals surface area contributed by atoms with E-state index in [-0.39, 0.29) is 0 Å². The second-order valence-electron chi connectivity index (χ2n) is 4.78. The molecule has 118 valence electrons. The molecular formula is C15H14ClN5OS. The standard InChI is InChI=1S/C15H14ClN5OS/c16-12-4-1-3-11(7-12)9-21-10-18-14(20-21)19-15(23)17-8-13-5-2-6-22-13/h1-7,10H,8-9H2,(H2,17,19,20,23). The molecule has 0 aliphatic rings. The van der Waals surface area contributed by atoms with Crippen LogP contribution in [0.3, 0.4) is 0 Å². The van der Waals surface area contributed by atoms with Gasteiger partial charge < -0.3 is 9.73 Å². The monoisotopic (exact) mass is 347 g/mol. The molecule has 23 heavy (non-hydrogen) atoms. The van der Waals surface area contributed by atoms with Crippen molar-refractivity contribution in [3.63, 3.8) is 0 Å². The van der Waals surface area contributed by atoms with Crippen LogP contribution in [-0.4, -0.2) is 19.9 Å². The van der Waals surface area contributed by atoms with Crippen LogP contribution in [0.1, 0.15) is 11.3 Å². The molecule has 6 nitrogen and oxygen atoms in total. The Morgan fingerprint density at radius 3 is 3.00 bits per heavy atom. The Morgan fingerprint density at radius 1 is 1.30 bits per heavy atom. The Hall–Kier alpha value is -2.38. The van der Waals surface area contributed by atoms with Gasteiger partial charge in [0, 0.05) is 5.02 Å². The molecule has 3 rings (SSSR count). The van der Waals surface area contributed by atoms with Crippen LogP contribution in [0.4, 0.5) is 5.95 Å². The second kappa shape index (κ2) is 7.26. The van der Waals surface area contributed by atoms with Gasteiger partial charge in [0.05, 0.1) is 19.4 Å². The van der Waals surface area contributed by atoms with Crippen LogP contribution < -0.4 is 10.6 Å². The first kappa shape index (κ1) is 15.5. The van der Waals surface area contributed by atoms with Crippen molar-refractivity contribution in [2.24, 2.45) is 0 Å². The molecule has 0 saturated carbocycles. The molecular weight excluding hydrogens is 334 g/mol. The van der Waals surface area contributed by atoms with Crippen molar-refractivity contribution in [2.45, 2.75) is 13.1 Å². The quantitative estimate of drug-likeness (QED) is 0.691. The SMILES string of the molecule is S=C(NCc1ccco1)Nc1ncn(Cc2cccc(Cl)c2)n1. The van der Waals surface area contributed by atoms with Gasteiger partial charge in [0.15, 0.2) is 5.11 Å². The predicted molar refractivity (Wildman–Crippen MR) is 92.3 cm³/mol. The Morgan fingerprint density at radius 2 is 2.22 bits per heavy atom. The van der Waals surface area contributed by atoms with Crippen LogP contribution in [0.2, 0.25) is 5.02 Å². The minimum atomic E-state index is 0.432. The van der Waals surface area contributed by atoms with E-state index in [9.17, 15) is 0 Å². The molecule has 0 bridgehead atoms. The fourth-order valence-electron chi connectivity index (χ4n) is 1.98. The minimum Gasteiger partial charge on any atom is -0.467 e. The smallest absolute Gasteiger partial charge is 0.248 e. The molecule has 0 atom stereocenters. The van der Waals surface area contributed by atoms with Crippen molar-refractivity contribution in [3.05, 3.63) is 65.3 Å². The number of rotatable bonds is 5. The number of hydrogen-bond acceptors (Lipinski definition) is 4. The number of aromatic nitrogens is 3. The molecule has 3 aromatic rings. The molecule has 1 aromatic carbocycles. The van der Waals surface area contributed by atoms with E-state index in [1.165, 1.54) is 0 Å². The maximum atomic E-state index is 5.97. The lowest BCUT2D eigenvalue weighted by Crippen LogP contribution is -2.28. The summed E-state index contributed by atoms with van der Waals surface area (Å²) in [6, 6.07) is 11.3. The molecule has 0 unspecified atom stereocenters. The number of nitrogens with one attached hydrogen (secondary N) is 2. The van der Waals surface area contributed by atoms with Crippen LogP contribution in [-0.2, 0) is 13.1 Å². The molecule has 0 amide bonds. The third kappa shape index (κ3) is 4.54. The first-order chi connectivity index (χ1) is 11.2. The highest BCUT2D eigenvalue weighted by Gasteiger charge is 2.05. The van der Waals surface area contributed by atoms with E-state index in [4.69, 9.17) is 28.2 Å². The van der Waals surface area contributed by atoms with Crippen LogP contribution in [0.5, 0.6) is 0 Å². The summed E-state index contributed by atoms with van der Waals surface area (Å²) in [6.45, 7) is 1.09. The van der Waals surface area contributed by atoms with Gasteiger partial charge in [0.1, 0.15) is 12.1 Å². The minimum absolute atomic E-state index is 0.432. The van der Waals surface area contributed by atoms with E-state index in [0.29, 0.717) is 29.2 Å². The van der Waals surface area contributed by atoms with Crippen molar-refractivity contribution in [2.75, 3.05) is 5.32 Å². The molecule has 0 aliphatic heterocycles. The summed E-state index contributed by atoms with van der Waals surface area (Å²) in [5, 5.41) is 11.4. The van der Waals surface area contributed by atoms with E-state index >= 15 is 0 Å². The molecule has 8 heteroatoms. The summed E-state index contributed by atoms with van der Waals surface area (Å²) < 4.78 is 6.93. The summed E-state index contributed by atoms with van der Waals surface area (Å²) in [4.78, 5) is 4.18. The van der Waals surface area contributed by atoms with Gasteiger partial charge in [-0.2, -0.15) is 0 Å². The van der Waals surface area contributed by atoms with E-state index in [1.807, 2.05) is 36.4 Å². The number of nitrogens with zero attached hydrogens (tertiary/aromatic N) is 3. The van der Waals surface area contributed by atoms with Crippen LogP contribution in [0.25, 0.3) is 0 Å². The maximum Gasteiger partial charge on any atom is 0.248 e. The zero-order chi connectivity index (χ0) is 16.1. The van der Waals surface area contributed by atoms with Crippen molar-refractivity contribution >= 4 is 34.9 Å². The first-order valence-corrected chi connectivity index (χ1v) is 7.69. The third-order valence-corrected chi connectivity index (χ3v) is 3.48. The summed E-state index contributed by atoms with van der Waals surface area (Å²) >= 11 is 11.2. The topological polar surface area (TPSA) is 67.9 Å². The molecule has 0 fully saturated rings. The molecule has 0 spiro atoms. The van der Waals surface area contributed by atoms with Gasteiger partial charge >= 0.3 is 0 Å². The molecule has 2 N–H and O–H groups in total. The average molecular weight is 348 g/mol. The van der Waals surface area contributed by atoms with E-state index in [2.05, 4.69) is 20.7 Å². The number of furan rings is 1. The maximum absolute atomic E-state index is 5.97. The van der Waals surface area contributed by atoms with E-state index in [0.717, 1.165) is 11.3 Å². The van der Waals surface area contributed by atoms with Gasteiger partial charge in [-0.1, -0.05) is 23.7 Å². The number of halogens is 1. The van der Waals surface area contributed by atoms with Crippen molar-refractivity contribution in [3.8, 4) is 0 Å². The predicted octanol–water partition coefficient (Wildman–Crippen LogP) is 3.06.